The lowest BCUT2D eigenvalue weighted by Gasteiger charge is -2.16. The van der Waals surface area contributed by atoms with E-state index in [1.807, 2.05) is 36.6 Å². The molecule has 0 spiro atoms. The van der Waals surface area contributed by atoms with Gasteiger partial charge >= 0.3 is 0 Å². The lowest BCUT2D eigenvalue weighted by molar-refractivity contribution is -0.113. The average Bonchev–Trinajstić information content (AvgIpc) is 3.18. The first-order valence-corrected chi connectivity index (χ1v) is 11.8. The first-order valence-electron chi connectivity index (χ1n) is 10.1. The Labute approximate surface area is 206 Å². The largest absolute Gasteiger partial charge is 0.342 e. The Bertz CT molecular complexity index is 1180. The fourth-order valence-corrected chi connectivity index (χ4v) is 4.15. The van der Waals surface area contributed by atoms with Crippen molar-refractivity contribution < 1.29 is 9.59 Å². The number of nitrogens with zero attached hydrogens (tertiary/aromatic N) is 3. The molecule has 0 aliphatic carbocycles. The molecule has 172 valence electrons. The Morgan fingerprint density at radius 1 is 1.18 bits per heavy atom. The van der Waals surface area contributed by atoms with Gasteiger partial charge in [-0.2, -0.15) is 0 Å². The van der Waals surface area contributed by atoms with Crippen molar-refractivity contribution in [2.75, 3.05) is 11.1 Å². The SMILES string of the molecule is C=CCn1c(SCC(=O)Nc2ccc(Cl)c(Cl)c2)nnc1[C@H](C)NC(=O)c1ccccc1C. The van der Waals surface area contributed by atoms with Gasteiger partial charge in [0.2, 0.25) is 5.91 Å². The van der Waals surface area contributed by atoms with Gasteiger partial charge in [-0.05, 0) is 43.7 Å². The van der Waals surface area contributed by atoms with Crippen LogP contribution in [0.3, 0.4) is 0 Å². The molecule has 3 aromatic rings. The van der Waals surface area contributed by atoms with Crippen LogP contribution in [0.15, 0.2) is 60.3 Å². The van der Waals surface area contributed by atoms with Crippen molar-refractivity contribution in [2.45, 2.75) is 31.6 Å². The fraction of sp³-hybridized carbons (Fsp3) is 0.217. The zero-order chi connectivity index (χ0) is 24.0. The summed E-state index contributed by atoms with van der Waals surface area (Å²) in [6.07, 6.45) is 1.71. The third-order valence-electron chi connectivity index (χ3n) is 4.72. The van der Waals surface area contributed by atoms with Crippen LogP contribution in [0.5, 0.6) is 0 Å². The molecule has 2 amide bonds. The molecule has 0 aliphatic rings. The van der Waals surface area contributed by atoms with E-state index >= 15 is 0 Å². The highest BCUT2D eigenvalue weighted by atomic mass is 35.5. The highest BCUT2D eigenvalue weighted by molar-refractivity contribution is 7.99. The van der Waals surface area contributed by atoms with Gasteiger partial charge in [-0.15, -0.1) is 16.8 Å². The Kier molecular flexibility index (Phi) is 8.55. The van der Waals surface area contributed by atoms with Gasteiger partial charge in [-0.1, -0.05) is 59.2 Å². The van der Waals surface area contributed by atoms with Crippen LogP contribution < -0.4 is 10.6 Å². The second kappa shape index (κ2) is 11.4. The molecule has 1 atom stereocenters. The number of rotatable bonds is 9. The Morgan fingerprint density at radius 2 is 1.94 bits per heavy atom. The molecule has 2 aromatic carbocycles. The fourth-order valence-electron chi connectivity index (χ4n) is 3.10. The third kappa shape index (κ3) is 6.37. The van der Waals surface area contributed by atoms with Crippen LogP contribution in [0.1, 0.15) is 34.7 Å². The third-order valence-corrected chi connectivity index (χ3v) is 6.42. The highest BCUT2D eigenvalue weighted by Crippen LogP contribution is 2.26. The monoisotopic (exact) mass is 503 g/mol. The summed E-state index contributed by atoms with van der Waals surface area (Å²) in [6, 6.07) is 11.9. The van der Waals surface area contributed by atoms with Gasteiger partial charge in [0.05, 0.1) is 21.8 Å². The summed E-state index contributed by atoms with van der Waals surface area (Å²) >= 11 is 13.1. The van der Waals surface area contributed by atoms with Gasteiger partial charge in [-0.25, -0.2) is 0 Å². The van der Waals surface area contributed by atoms with Gasteiger partial charge in [0, 0.05) is 17.8 Å². The van der Waals surface area contributed by atoms with Gasteiger partial charge in [0.25, 0.3) is 5.91 Å². The van der Waals surface area contributed by atoms with Gasteiger partial charge in [0.1, 0.15) is 0 Å². The first kappa shape index (κ1) is 24.8. The van der Waals surface area contributed by atoms with E-state index in [1.54, 1.807) is 30.3 Å². The number of carbonyl (C=O) groups is 2. The standard InChI is InChI=1S/C23H23Cl2N5O2S/c1-4-11-30-21(15(3)26-22(32)17-8-6-5-7-14(17)2)28-29-23(30)33-13-20(31)27-16-9-10-18(24)19(25)12-16/h4-10,12,15H,1,11,13H2,2-3H3,(H,26,32)(H,27,31)/t15-/m0/s1. The molecule has 0 fully saturated rings. The topological polar surface area (TPSA) is 88.9 Å². The van der Waals surface area contributed by atoms with Crippen molar-refractivity contribution in [3.63, 3.8) is 0 Å². The van der Waals surface area contributed by atoms with Crippen LogP contribution >= 0.6 is 35.0 Å². The number of benzene rings is 2. The molecule has 0 saturated heterocycles. The molecule has 7 nitrogen and oxygen atoms in total. The summed E-state index contributed by atoms with van der Waals surface area (Å²) in [5.41, 5.74) is 2.04. The molecule has 3 rings (SSSR count). The quantitative estimate of drug-likeness (QED) is 0.305. The molecule has 0 aliphatic heterocycles. The molecule has 1 aromatic heterocycles. The van der Waals surface area contributed by atoms with Crippen molar-refractivity contribution in [1.29, 1.82) is 0 Å². The second-order valence-corrected chi connectivity index (χ2v) is 8.97. The average molecular weight is 504 g/mol. The van der Waals surface area contributed by atoms with Crippen LogP contribution in [-0.2, 0) is 11.3 Å². The molecular formula is C23H23Cl2N5O2S. The van der Waals surface area contributed by atoms with Gasteiger partial charge < -0.3 is 15.2 Å². The first-order chi connectivity index (χ1) is 15.8. The maximum atomic E-state index is 12.7. The van der Waals surface area contributed by atoms with Crippen molar-refractivity contribution >= 4 is 52.5 Å². The van der Waals surface area contributed by atoms with E-state index in [4.69, 9.17) is 23.2 Å². The minimum atomic E-state index is -0.399. The van der Waals surface area contributed by atoms with E-state index in [0.717, 1.165) is 5.56 Å². The molecule has 2 N–H and O–H groups in total. The Morgan fingerprint density at radius 3 is 2.64 bits per heavy atom. The van der Waals surface area contributed by atoms with Crippen LogP contribution in [0.25, 0.3) is 0 Å². The number of allylic oxidation sites excluding steroid dienone is 1. The van der Waals surface area contributed by atoms with E-state index in [-0.39, 0.29) is 17.6 Å². The normalized spacial score (nSPS) is 11.6. The molecule has 1 heterocycles. The summed E-state index contributed by atoms with van der Waals surface area (Å²) < 4.78 is 1.83. The highest BCUT2D eigenvalue weighted by Gasteiger charge is 2.21. The second-order valence-electron chi connectivity index (χ2n) is 7.22. The smallest absolute Gasteiger partial charge is 0.252 e. The molecule has 0 unspecified atom stereocenters. The minimum absolute atomic E-state index is 0.111. The minimum Gasteiger partial charge on any atom is -0.342 e. The van der Waals surface area contributed by atoms with Gasteiger partial charge in [-0.3, -0.25) is 9.59 Å². The van der Waals surface area contributed by atoms with Crippen molar-refractivity contribution in [3.8, 4) is 0 Å². The number of anilines is 1. The number of amides is 2. The van der Waals surface area contributed by atoms with Crippen LogP contribution in [0.2, 0.25) is 10.0 Å². The maximum Gasteiger partial charge on any atom is 0.252 e. The predicted molar refractivity (Wildman–Crippen MR) is 133 cm³/mol. The van der Waals surface area contributed by atoms with Crippen LogP contribution in [0, 0.1) is 6.92 Å². The number of nitrogens with one attached hydrogen (secondary N) is 2. The zero-order valence-corrected chi connectivity index (χ0v) is 20.5. The zero-order valence-electron chi connectivity index (χ0n) is 18.1. The number of aryl methyl sites for hydroxylation is 1. The van der Waals surface area contributed by atoms with E-state index in [9.17, 15) is 9.59 Å². The molecule has 0 bridgehead atoms. The number of thioether (sulfide) groups is 1. The lowest BCUT2D eigenvalue weighted by Crippen LogP contribution is -2.29. The number of carbonyl (C=O) groups excluding carboxylic acids is 2. The van der Waals surface area contributed by atoms with Crippen molar-refractivity contribution in [3.05, 3.63) is 82.1 Å². The number of halogens is 2. The van der Waals surface area contributed by atoms with E-state index in [1.165, 1.54) is 11.8 Å². The van der Waals surface area contributed by atoms with E-state index in [2.05, 4.69) is 27.4 Å². The predicted octanol–water partition coefficient (Wildman–Crippen LogP) is 5.30. The molecule has 0 saturated carbocycles. The van der Waals surface area contributed by atoms with Crippen molar-refractivity contribution in [1.82, 2.24) is 20.1 Å². The van der Waals surface area contributed by atoms with Crippen LogP contribution in [-0.4, -0.2) is 32.3 Å². The summed E-state index contributed by atoms with van der Waals surface area (Å²) in [5, 5.41) is 15.5. The summed E-state index contributed by atoms with van der Waals surface area (Å²) in [7, 11) is 0. The lowest BCUT2D eigenvalue weighted by atomic mass is 10.1. The van der Waals surface area contributed by atoms with Crippen LogP contribution in [0.4, 0.5) is 5.69 Å². The summed E-state index contributed by atoms with van der Waals surface area (Å²) in [6.45, 7) is 7.95. The number of hydrogen-bond acceptors (Lipinski definition) is 5. The molecule has 0 radical (unpaired) electrons. The van der Waals surface area contributed by atoms with E-state index < -0.39 is 6.04 Å². The Balaban J connectivity index is 1.67. The summed E-state index contributed by atoms with van der Waals surface area (Å²) in [4.78, 5) is 25.1. The van der Waals surface area contributed by atoms with E-state index in [0.29, 0.717) is 38.8 Å². The molecule has 33 heavy (non-hydrogen) atoms. The number of hydrogen-bond donors (Lipinski definition) is 2. The Hall–Kier alpha value is -2.81. The molecule has 10 heteroatoms. The van der Waals surface area contributed by atoms with Crippen molar-refractivity contribution in [2.24, 2.45) is 0 Å². The summed E-state index contributed by atoms with van der Waals surface area (Å²) in [5.74, 6) is 0.265. The number of aromatic nitrogens is 3. The van der Waals surface area contributed by atoms with Gasteiger partial charge in [0.15, 0.2) is 11.0 Å². The maximum absolute atomic E-state index is 12.7. The molecular weight excluding hydrogens is 481 g/mol.